The van der Waals surface area contributed by atoms with Gasteiger partial charge in [-0.3, -0.25) is 0 Å². The molecule has 1 saturated heterocycles. The number of alkyl halides is 3. The van der Waals surface area contributed by atoms with Crippen molar-refractivity contribution in [3.63, 3.8) is 0 Å². The molecule has 2 rings (SSSR count). The van der Waals surface area contributed by atoms with E-state index in [9.17, 15) is 18.3 Å². The number of benzene rings is 1. The van der Waals surface area contributed by atoms with Gasteiger partial charge in [0.1, 0.15) is 0 Å². The number of hydrogen-bond acceptors (Lipinski definition) is 3. The summed E-state index contributed by atoms with van der Waals surface area (Å²) in [6.07, 6.45) is -3.51. The number of nitrogens with one attached hydrogen (secondary N) is 1. The van der Waals surface area contributed by atoms with Crippen LogP contribution in [-0.4, -0.2) is 30.5 Å². The van der Waals surface area contributed by atoms with Gasteiger partial charge >= 0.3 is 6.18 Å². The Labute approximate surface area is 123 Å². The van der Waals surface area contributed by atoms with Crippen LogP contribution in [0.3, 0.4) is 0 Å². The molecule has 20 heavy (non-hydrogen) atoms. The Kier molecular flexibility index (Phi) is 4.61. The highest BCUT2D eigenvalue weighted by atomic mass is 79.9. The fourth-order valence-corrected chi connectivity index (χ4v) is 2.60. The summed E-state index contributed by atoms with van der Waals surface area (Å²) >= 11 is 3.17. The van der Waals surface area contributed by atoms with Crippen LogP contribution in [0.25, 0.3) is 0 Å². The maximum atomic E-state index is 13.0. The minimum atomic E-state index is -4.44. The van der Waals surface area contributed by atoms with Crippen LogP contribution in [0.15, 0.2) is 22.7 Å². The van der Waals surface area contributed by atoms with E-state index in [1.165, 1.54) is 12.1 Å². The average molecular weight is 354 g/mol. The minimum Gasteiger partial charge on any atom is -0.394 e. The second kappa shape index (κ2) is 5.91. The zero-order chi connectivity index (χ0) is 14.8. The number of aliphatic hydroxyl groups excluding tert-OH is 1. The smallest absolute Gasteiger partial charge is 0.394 e. The van der Waals surface area contributed by atoms with Crippen molar-refractivity contribution < 1.29 is 23.0 Å². The summed E-state index contributed by atoms with van der Waals surface area (Å²) in [5.74, 6) is 0. The summed E-state index contributed by atoms with van der Waals surface area (Å²) in [6.45, 7) is 0.603. The molecule has 2 N–H and O–H groups in total. The van der Waals surface area contributed by atoms with Gasteiger partial charge in [0, 0.05) is 23.4 Å². The molecule has 112 valence electrons. The quantitative estimate of drug-likeness (QED) is 0.874. The van der Waals surface area contributed by atoms with Gasteiger partial charge in [-0.05, 0) is 31.0 Å². The summed E-state index contributed by atoms with van der Waals surface area (Å²) in [7, 11) is 0. The molecule has 0 saturated carbocycles. The first-order valence-electron chi connectivity index (χ1n) is 6.20. The Morgan fingerprint density at radius 2 is 1.95 bits per heavy atom. The van der Waals surface area contributed by atoms with E-state index >= 15 is 0 Å². The van der Waals surface area contributed by atoms with Crippen LogP contribution in [0, 0.1) is 0 Å². The van der Waals surface area contributed by atoms with E-state index < -0.39 is 17.3 Å². The van der Waals surface area contributed by atoms with Gasteiger partial charge in [-0.1, -0.05) is 15.9 Å². The molecule has 1 aromatic rings. The van der Waals surface area contributed by atoms with Gasteiger partial charge in [0.05, 0.1) is 17.7 Å². The van der Waals surface area contributed by atoms with Gasteiger partial charge in [0.15, 0.2) is 0 Å². The van der Waals surface area contributed by atoms with Crippen molar-refractivity contribution in [3.8, 4) is 0 Å². The zero-order valence-electron chi connectivity index (χ0n) is 10.6. The van der Waals surface area contributed by atoms with E-state index in [4.69, 9.17) is 4.74 Å². The SMILES string of the molecule is OCC1(Nc2cc(Br)ccc2C(F)(F)F)CCOCC1. The lowest BCUT2D eigenvalue weighted by Crippen LogP contribution is -2.47. The first-order valence-corrected chi connectivity index (χ1v) is 6.99. The molecule has 1 aliphatic rings. The molecule has 0 radical (unpaired) electrons. The van der Waals surface area contributed by atoms with Crippen LogP contribution in [0.1, 0.15) is 18.4 Å². The lowest BCUT2D eigenvalue weighted by atomic mass is 9.90. The Hall–Kier alpha value is -0.790. The number of aliphatic hydroxyl groups is 1. The molecule has 3 nitrogen and oxygen atoms in total. The molecule has 0 unspecified atom stereocenters. The normalized spacial score (nSPS) is 18.9. The molecule has 7 heteroatoms. The topological polar surface area (TPSA) is 41.5 Å². The van der Waals surface area contributed by atoms with E-state index in [0.29, 0.717) is 30.5 Å². The summed E-state index contributed by atoms with van der Waals surface area (Å²) in [4.78, 5) is 0. The standard InChI is InChI=1S/C13H15BrF3NO2/c14-9-1-2-10(13(15,16)17)11(7-9)18-12(8-19)3-5-20-6-4-12/h1-2,7,18-19H,3-6,8H2. The lowest BCUT2D eigenvalue weighted by molar-refractivity contribution is -0.137. The van der Waals surface area contributed by atoms with Crippen molar-refractivity contribution in [1.29, 1.82) is 0 Å². The van der Waals surface area contributed by atoms with E-state index in [1.807, 2.05) is 0 Å². The third-order valence-corrected chi connectivity index (χ3v) is 3.93. The number of halogens is 4. The van der Waals surface area contributed by atoms with E-state index in [2.05, 4.69) is 21.2 Å². The molecule has 0 aliphatic carbocycles. The fraction of sp³-hybridized carbons (Fsp3) is 0.538. The Morgan fingerprint density at radius 1 is 1.30 bits per heavy atom. The highest BCUT2D eigenvalue weighted by Crippen LogP contribution is 2.38. The van der Waals surface area contributed by atoms with Crippen LogP contribution in [0.5, 0.6) is 0 Å². The summed E-state index contributed by atoms with van der Waals surface area (Å²) in [5.41, 5.74) is -1.53. The van der Waals surface area contributed by atoms with E-state index in [0.717, 1.165) is 6.07 Å². The predicted octanol–water partition coefficient (Wildman–Crippen LogP) is 3.42. The maximum absolute atomic E-state index is 13.0. The Balaban J connectivity index is 2.34. The Bertz CT molecular complexity index is 473. The van der Waals surface area contributed by atoms with Crippen LogP contribution >= 0.6 is 15.9 Å². The minimum absolute atomic E-state index is 0.0252. The van der Waals surface area contributed by atoms with Crippen LogP contribution in [0.4, 0.5) is 18.9 Å². The van der Waals surface area contributed by atoms with Crippen molar-refractivity contribution >= 4 is 21.6 Å². The lowest BCUT2D eigenvalue weighted by Gasteiger charge is -2.38. The highest BCUT2D eigenvalue weighted by molar-refractivity contribution is 9.10. The molecular formula is C13H15BrF3NO2. The molecule has 0 spiro atoms. The molecule has 0 aromatic heterocycles. The molecule has 1 fully saturated rings. The first kappa shape index (κ1) is 15.6. The molecule has 1 aromatic carbocycles. The van der Waals surface area contributed by atoms with Crippen LogP contribution in [-0.2, 0) is 10.9 Å². The largest absolute Gasteiger partial charge is 0.418 e. The third-order valence-electron chi connectivity index (χ3n) is 3.44. The average Bonchev–Trinajstić information content (AvgIpc) is 2.38. The fourth-order valence-electron chi connectivity index (χ4n) is 2.24. The van der Waals surface area contributed by atoms with Crippen molar-refractivity contribution in [2.75, 3.05) is 25.1 Å². The molecule has 0 bridgehead atoms. The van der Waals surface area contributed by atoms with Crippen LogP contribution in [0.2, 0.25) is 0 Å². The second-order valence-electron chi connectivity index (χ2n) is 4.86. The summed E-state index contributed by atoms with van der Waals surface area (Å²) in [5, 5.41) is 12.4. The van der Waals surface area contributed by atoms with Crippen molar-refractivity contribution in [1.82, 2.24) is 0 Å². The van der Waals surface area contributed by atoms with Gasteiger partial charge in [-0.25, -0.2) is 0 Å². The van der Waals surface area contributed by atoms with Gasteiger partial charge in [0.2, 0.25) is 0 Å². The van der Waals surface area contributed by atoms with E-state index in [1.54, 1.807) is 0 Å². The van der Waals surface area contributed by atoms with E-state index in [-0.39, 0.29) is 12.3 Å². The van der Waals surface area contributed by atoms with Crippen molar-refractivity contribution in [2.45, 2.75) is 24.6 Å². The van der Waals surface area contributed by atoms with Crippen molar-refractivity contribution in [3.05, 3.63) is 28.2 Å². The Morgan fingerprint density at radius 3 is 2.50 bits per heavy atom. The summed E-state index contributed by atoms with van der Waals surface area (Å²) < 4.78 is 44.8. The monoisotopic (exact) mass is 353 g/mol. The zero-order valence-corrected chi connectivity index (χ0v) is 12.2. The van der Waals surface area contributed by atoms with Crippen LogP contribution < -0.4 is 5.32 Å². The molecule has 0 atom stereocenters. The van der Waals surface area contributed by atoms with Gasteiger partial charge < -0.3 is 15.2 Å². The third kappa shape index (κ3) is 3.45. The van der Waals surface area contributed by atoms with Gasteiger partial charge in [0.25, 0.3) is 0 Å². The molecule has 1 aliphatic heterocycles. The molecular weight excluding hydrogens is 339 g/mol. The van der Waals surface area contributed by atoms with Gasteiger partial charge in [-0.15, -0.1) is 0 Å². The number of rotatable bonds is 3. The summed E-state index contributed by atoms with van der Waals surface area (Å²) in [6, 6.07) is 3.76. The predicted molar refractivity (Wildman–Crippen MR) is 72.6 cm³/mol. The highest BCUT2D eigenvalue weighted by Gasteiger charge is 2.37. The van der Waals surface area contributed by atoms with Gasteiger partial charge in [-0.2, -0.15) is 13.2 Å². The first-order chi connectivity index (χ1) is 9.36. The second-order valence-corrected chi connectivity index (χ2v) is 5.78. The molecule has 0 amide bonds. The number of hydrogen-bond donors (Lipinski definition) is 2. The molecule has 1 heterocycles. The number of ether oxygens (including phenoxy) is 1. The maximum Gasteiger partial charge on any atom is 0.418 e. The van der Waals surface area contributed by atoms with Crippen molar-refractivity contribution in [2.24, 2.45) is 0 Å². The number of anilines is 1.